The average molecular weight is 379 g/mol. The molecular weight excluding hydrogens is 354 g/mol. The van der Waals surface area contributed by atoms with E-state index >= 15 is 0 Å². The number of hydroxylamine groups is 1. The summed E-state index contributed by atoms with van der Waals surface area (Å²) in [5, 5.41) is 14.9. The maximum absolute atomic E-state index is 12.6. The Morgan fingerprint density at radius 1 is 1.00 bits per heavy atom. The third-order valence-corrected chi connectivity index (χ3v) is 4.54. The van der Waals surface area contributed by atoms with Gasteiger partial charge >= 0.3 is 0 Å². The highest BCUT2D eigenvalue weighted by Gasteiger charge is 2.41. The summed E-state index contributed by atoms with van der Waals surface area (Å²) in [7, 11) is 0. The van der Waals surface area contributed by atoms with Crippen molar-refractivity contribution in [2.75, 3.05) is 13.1 Å². The van der Waals surface area contributed by atoms with Crippen LogP contribution in [0.2, 0.25) is 0 Å². The molecule has 0 radical (unpaired) electrons. The van der Waals surface area contributed by atoms with E-state index < -0.39 is 11.4 Å². The highest BCUT2D eigenvalue weighted by atomic mass is 16.5. The molecule has 0 aliphatic carbocycles. The van der Waals surface area contributed by atoms with E-state index in [9.17, 15) is 9.59 Å². The summed E-state index contributed by atoms with van der Waals surface area (Å²) in [5.41, 5.74) is 2.64. The third-order valence-electron chi connectivity index (χ3n) is 4.54. The molecule has 6 nitrogen and oxygen atoms in total. The minimum absolute atomic E-state index is 0. The summed E-state index contributed by atoms with van der Waals surface area (Å²) in [6.07, 6.45) is 1.18. The zero-order valence-electron chi connectivity index (χ0n) is 14.8. The van der Waals surface area contributed by atoms with Gasteiger partial charge in [0, 0.05) is 23.2 Å². The minimum Gasteiger partial charge on any atom is -0.336 e. The molecule has 1 atom stereocenters. The molecule has 2 amide bonds. The van der Waals surface area contributed by atoms with Crippen LogP contribution < -0.4 is 16.1 Å². The second kappa shape index (κ2) is 9.70. The predicted octanol–water partition coefficient (Wildman–Crippen LogP) is 2.08. The lowest BCUT2D eigenvalue weighted by Gasteiger charge is -2.36. The fourth-order valence-electron chi connectivity index (χ4n) is 3.03. The fourth-order valence-corrected chi connectivity index (χ4v) is 3.03. The van der Waals surface area contributed by atoms with Crippen LogP contribution in [0.1, 0.15) is 41.8 Å². The molecule has 0 unspecified atom stereocenters. The van der Waals surface area contributed by atoms with E-state index in [2.05, 4.69) is 22.5 Å². The van der Waals surface area contributed by atoms with Gasteiger partial charge in [-0.2, -0.15) is 0 Å². The smallest absolute Gasteiger partial charge is 0.270 e. The van der Waals surface area contributed by atoms with Gasteiger partial charge in [0.15, 0.2) is 0 Å². The Labute approximate surface area is 165 Å². The van der Waals surface area contributed by atoms with Crippen molar-refractivity contribution in [3.63, 3.8) is 0 Å². The molecular formula is C22H25N3O3. The normalized spacial score (nSPS) is 18.0. The van der Waals surface area contributed by atoms with Gasteiger partial charge in [0.2, 0.25) is 0 Å². The van der Waals surface area contributed by atoms with Crippen molar-refractivity contribution in [2.24, 2.45) is 0 Å². The monoisotopic (exact) mass is 379 g/mol. The molecule has 0 spiro atoms. The van der Waals surface area contributed by atoms with E-state index in [1.54, 1.807) is 29.7 Å². The van der Waals surface area contributed by atoms with Gasteiger partial charge in [-0.15, -0.1) is 0 Å². The van der Waals surface area contributed by atoms with Gasteiger partial charge in [0.25, 0.3) is 11.8 Å². The standard InChI is InChI=1S/C21H21N3O3.CH4/c25-19(23-21(20(26)24-27)13-4-14-22-15-21)18-11-9-17(10-12-18)8-7-16-5-2-1-3-6-16;/h1-3,5-6,9-12,22,27H,4,13-15H2,(H,23,25)(H,24,26);1H4/t21-;/m1./s1. The van der Waals surface area contributed by atoms with E-state index in [1.165, 1.54) is 0 Å². The summed E-state index contributed by atoms with van der Waals surface area (Å²) >= 11 is 0. The van der Waals surface area contributed by atoms with Crippen LogP contribution in [0.5, 0.6) is 0 Å². The maximum Gasteiger partial charge on any atom is 0.270 e. The summed E-state index contributed by atoms with van der Waals surface area (Å²) in [6.45, 7) is 1.04. The van der Waals surface area contributed by atoms with Crippen molar-refractivity contribution in [3.8, 4) is 11.8 Å². The largest absolute Gasteiger partial charge is 0.336 e. The van der Waals surface area contributed by atoms with Gasteiger partial charge in [-0.1, -0.05) is 37.5 Å². The van der Waals surface area contributed by atoms with E-state index in [0.717, 1.165) is 24.1 Å². The molecule has 0 bridgehead atoms. The van der Waals surface area contributed by atoms with Crippen molar-refractivity contribution in [3.05, 3.63) is 71.3 Å². The molecule has 2 aromatic rings. The lowest BCUT2D eigenvalue weighted by Crippen LogP contribution is -2.65. The molecule has 1 aliphatic rings. The predicted molar refractivity (Wildman–Crippen MR) is 108 cm³/mol. The topological polar surface area (TPSA) is 90.5 Å². The number of nitrogens with one attached hydrogen (secondary N) is 3. The fraction of sp³-hybridized carbons (Fsp3) is 0.273. The number of piperidine rings is 1. The number of hydrogen-bond donors (Lipinski definition) is 4. The number of carbonyl (C=O) groups is 2. The van der Waals surface area contributed by atoms with E-state index in [-0.39, 0.29) is 19.9 Å². The summed E-state index contributed by atoms with van der Waals surface area (Å²) < 4.78 is 0. The van der Waals surface area contributed by atoms with Crippen molar-refractivity contribution in [1.82, 2.24) is 16.1 Å². The van der Waals surface area contributed by atoms with Crippen molar-refractivity contribution >= 4 is 11.8 Å². The summed E-state index contributed by atoms with van der Waals surface area (Å²) in [5.74, 6) is 5.13. The highest BCUT2D eigenvalue weighted by Crippen LogP contribution is 2.18. The number of amides is 2. The molecule has 2 aromatic carbocycles. The molecule has 0 aromatic heterocycles. The molecule has 1 heterocycles. The molecule has 28 heavy (non-hydrogen) atoms. The molecule has 4 N–H and O–H groups in total. The Morgan fingerprint density at radius 3 is 2.21 bits per heavy atom. The van der Waals surface area contributed by atoms with Gasteiger partial charge in [-0.25, -0.2) is 5.48 Å². The first-order valence-corrected chi connectivity index (χ1v) is 8.78. The van der Waals surface area contributed by atoms with E-state index in [0.29, 0.717) is 12.0 Å². The summed E-state index contributed by atoms with van der Waals surface area (Å²) in [6, 6.07) is 16.5. The number of benzene rings is 2. The van der Waals surface area contributed by atoms with Crippen LogP contribution in [0, 0.1) is 11.8 Å². The second-order valence-corrected chi connectivity index (χ2v) is 6.45. The maximum atomic E-state index is 12.6. The van der Waals surface area contributed by atoms with Crippen LogP contribution in [-0.2, 0) is 4.79 Å². The molecule has 3 rings (SSSR count). The number of rotatable bonds is 3. The first-order chi connectivity index (χ1) is 13.1. The first-order valence-electron chi connectivity index (χ1n) is 8.78. The van der Waals surface area contributed by atoms with Crippen LogP contribution in [0.4, 0.5) is 0 Å². The van der Waals surface area contributed by atoms with Gasteiger partial charge in [-0.3, -0.25) is 14.8 Å². The third kappa shape index (κ3) is 4.97. The average Bonchev–Trinajstić information content (AvgIpc) is 2.73. The molecule has 1 saturated heterocycles. The van der Waals surface area contributed by atoms with Gasteiger partial charge in [0.05, 0.1) is 0 Å². The number of carbonyl (C=O) groups excluding carboxylic acids is 2. The molecule has 6 heteroatoms. The van der Waals surface area contributed by atoms with Crippen molar-refractivity contribution in [2.45, 2.75) is 25.8 Å². The van der Waals surface area contributed by atoms with Crippen LogP contribution in [0.3, 0.4) is 0 Å². The van der Waals surface area contributed by atoms with Crippen LogP contribution in [0.15, 0.2) is 54.6 Å². The first kappa shape index (κ1) is 21.2. The van der Waals surface area contributed by atoms with Crippen molar-refractivity contribution < 1.29 is 14.8 Å². The Hall–Kier alpha value is -3.14. The van der Waals surface area contributed by atoms with E-state index in [1.807, 2.05) is 30.3 Å². The zero-order valence-corrected chi connectivity index (χ0v) is 14.8. The highest BCUT2D eigenvalue weighted by molar-refractivity contribution is 5.99. The van der Waals surface area contributed by atoms with Gasteiger partial charge in [0.1, 0.15) is 5.54 Å². The molecule has 1 fully saturated rings. The van der Waals surface area contributed by atoms with Crippen LogP contribution >= 0.6 is 0 Å². The van der Waals surface area contributed by atoms with E-state index in [4.69, 9.17) is 5.21 Å². The lowest BCUT2D eigenvalue weighted by molar-refractivity contribution is -0.136. The zero-order chi connectivity index (χ0) is 19.1. The summed E-state index contributed by atoms with van der Waals surface area (Å²) in [4.78, 5) is 24.7. The Balaban J connectivity index is 0.00000280. The molecule has 0 saturated carbocycles. The van der Waals surface area contributed by atoms with Crippen LogP contribution in [-0.4, -0.2) is 35.7 Å². The Kier molecular flexibility index (Phi) is 7.33. The van der Waals surface area contributed by atoms with Gasteiger partial charge in [-0.05, 0) is 55.8 Å². The second-order valence-electron chi connectivity index (χ2n) is 6.45. The Morgan fingerprint density at radius 2 is 1.64 bits per heavy atom. The Bertz CT molecular complexity index is 861. The lowest BCUT2D eigenvalue weighted by atomic mass is 9.89. The minimum atomic E-state index is -1.16. The number of hydrogen-bond acceptors (Lipinski definition) is 4. The molecule has 146 valence electrons. The van der Waals surface area contributed by atoms with Crippen LogP contribution in [0.25, 0.3) is 0 Å². The SMILES string of the molecule is C.O=C(N[C@]1(C(=O)NO)CCCNC1)c1ccc(C#Cc2ccccc2)cc1. The van der Waals surface area contributed by atoms with Crippen molar-refractivity contribution in [1.29, 1.82) is 0 Å². The quantitative estimate of drug-likeness (QED) is 0.373. The van der Waals surface area contributed by atoms with Gasteiger partial charge < -0.3 is 10.6 Å². The molecule has 1 aliphatic heterocycles.